The Morgan fingerprint density at radius 1 is 1.16 bits per heavy atom. The summed E-state index contributed by atoms with van der Waals surface area (Å²) >= 11 is 12.5. The number of β-amino-alcohol motifs (C(OH)–C–C–N with tert-alkyl or cyclic N) is 1. The number of halogens is 6. The topological polar surface area (TPSA) is 105 Å². The second kappa shape index (κ2) is 9.51. The van der Waals surface area contributed by atoms with Crippen molar-refractivity contribution in [3.05, 3.63) is 62.1 Å². The molecule has 0 bridgehead atoms. The van der Waals surface area contributed by atoms with Crippen LogP contribution in [0.2, 0.25) is 10.0 Å². The van der Waals surface area contributed by atoms with Crippen LogP contribution in [0.25, 0.3) is 16.7 Å². The Morgan fingerprint density at radius 2 is 1.82 bits per heavy atom. The molecule has 2 unspecified atom stereocenters. The van der Waals surface area contributed by atoms with Crippen molar-refractivity contribution < 1.29 is 32.3 Å². The maximum atomic E-state index is 13.9. The molecule has 0 spiro atoms. The van der Waals surface area contributed by atoms with Gasteiger partial charge in [0.15, 0.2) is 5.65 Å². The summed E-state index contributed by atoms with van der Waals surface area (Å²) in [4.78, 5) is 44.2. The van der Waals surface area contributed by atoms with Crippen LogP contribution in [0.1, 0.15) is 29.6 Å². The van der Waals surface area contributed by atoms with Gasteiger partial charge in [-0.1, -0.05) is 23.2 Å². The van der Waals surface area contributed by atoms with E-state index in [1.165, 1.54) is 17.0 Å². The van der Waals surface area contributed by atoms with Crippen LogP contribution in [0.15, 0.2) is 35.3 Å². The van der Waals surface area contributed by atoms with Gasteiger partial charge in [0.2, 0.25) is 11.3 Å². The molecular weight excluding hydrogens is 555 g/mol. The first kappa shape index (κ1) is 26.4. The lowest BCUT2D eigenvalue weighted by atomic mass is 10.1. The van der Waals surface area contributed by atoms with Gasteiger partial charge in [-0.2, -0.15) is 13.2 Å². The van der Waals surface area contributed by atoms with E-state index in [4.69, 9.17) is 23.2 Å². The molecule has 2 aliphatic rings. The van der Waals surface area contributed by atoms with Crippen molar-refractivity contribution >= 4 is 51.9 Å². The van der Waals surface area contributed by atoms with Gasteiger partial charge in [-0.15, -0.1) is 0 Å². The molecule has 2 N–H and O–H groups in total. The van der Waals surface area contributed by atoms with Crippen LogP contribution in [0.5, 0.6) is 0 Å². The zero-order valence-electron chi connectivity index (χ0n) is 19.2. The summed E-state index contributed by atoms with van der Waals surface area (Å²) in [5.74, 6) is -3.21. The number of amides is 2. The quantitative estimate of drug-likeness (QED) is 0.450. The minimum absolute atomic E-state index is 0.0554. The smallest absolute Gasteiger partial charge is 0.391 e. The van der Waals surface area contributed by atoms with E-state index < -0.39 is 52.9 Å². The molecule has 14 heteroatoms. The number of aliphatic hydroxyl groups excluding tert-OH is 1. The van der Waals surface area contributed by atoms with Crippen molar-refractivity contribution in [3.63, 3.8) is 0 Å². The number of hydrogen-bond acceptors (Lipinski definition) is 5. The second-order valence-electron chi connectivity index (χ2n) is 9.19. The van der Waals surface area contributed by atoms with E-state index in [0.717, 1.165) is 22.9 Å². The lowest BCUT2D eigenvalue weighted by molar-refractivity contribution is -0.158. The zero-order valence-corrected chi connectivity index (χ0v) is 20.7. The van der Waals surface area contributed by atoms with Crippen molar-refractivity contribution in [2.24, 2.45) is 5.92 Å². The highest BCUT2D eigenvalue weighted by molar-refractivity contribution is 6.37. The number of anilines is 1. The summed E-state index contributed by atoms with van der Waals surface area (Å²) in [6.07, 6.45) is -4.29. The molecule has 5 rings (SSSR count). The maximum Gasteiger partial charge on any atom is 0.408 e. The van der Waals surface area contributed by atoms with E-state index in [1.54, 1.807) is 0 Å². The fourth-order valence-corrected chi connectivity index (χ4v) is 5.11. The number of pyridine rings is 2. The second-order valence-corrected chi connectivity index (χ2v) is 10.0. The first-order valence-electron chi connectivity index (χ1n) is 11.4. The van der Waals surface area contributed by atoms with E-state index in [9.17, 15) is 37.1 Å². The highest BCUT2D eigenvalue weighted by Gasteiger charge is 2.50. The zero-order chi connectivity index (χ0) is 27.5. The van der Waals surface area contributed by atoms with Crippen LogP contribution in [0.3, 0.4) is 0 Å². The van der Waals surface area contributed by atoms with Gasteiger partial charge >= 0.3 is 6.18 Å². The summed E-state index contributed by atoms with van der Waals surface area (Å²) < 4.78 is 55.7. The average molecular weight is 573 g/mol. The molecule has 1 aliphatic carbocycles. The minimum atomic E-state index is -4.72. The SMILES string of the molecule is O=C(NC(C1CC1)C(F)(F)F)c1cn(-c2c(Cl)cc(F)cc2Cl)c2nc(N3CC(O)CC3=O)ccc2c1=O. The van der Waals surface area contributed by atoms with Crippen molar-refractivity contribution in [1.82, 2.24) is 14.9 Å². The van der Waals surface area contributed by atoms with E-state index in [-0.39, 0.29) is 58.4 Å². The number of carbonyl (C=O) groups excluding carboxylic acids is 2. The van der Waals surface area contributed by atoms with Crippen LogP contribution in [-0.2, 0) is 4.79 Å². The Kier molecular flexibility index (Phi) is 6.60. The van der Waals surface area contributed by atoms with E-state index in [1.807, 2.05) is 5.32 Å². The summed E-state index contributed by atoms with van der Waals surface area (Å²) in [6, 6.07) is 2.26. The number of hydrogen-bond donors (Lipinski definition) is 2. The predicted molar refractivity (Wildman–Crippen MR) is 130 cm³/mol. The molecule has 0 radical (unpaired) electrons. The molecule has 2 amide bonds. The van der Waals surface area contributed by atoms with Gasteiger partial charge in [-0.05, 0) is 43.0 Å². The van der Waals surface area contributed by atoms with Gasteiger partial charge in [0.05, 0.1) is 40.2 Å². The third-order valence-electron chi connectivity index (χ3n) is 6.42. The van der Waals surface area contributed by atoms with Crippen molar-refractivity contribution in [2.45, 2.75) is 37.6 Å². The molecule has 200 valence electrons. The highest BCUT2D eigenvalue weighted by atomic mass is 35.5. The largest absolute Gasteiger partial charge is 0.408 e. The van der Waals surface area contributed by atoms with Crippen molar-refractivity contribution in [1.29, 1.82) is 0 Å². The molecular formula is C24H18Cl2F4N4O4. The van der Waals surface area contributed by atoms with Gasteiger partial charge in [0, 0.05) is 6.20 Å². The Hall–Kier alpha value is -3.22. The monoisotopic (exact) mass is 572 g/mol. The number of nitrogens with one attached hydrogen (secondary N) is 1. The summed E-state index contributed by atoms with van der Waals surface area (Å²) in [5.41, 5.74) is -1.82. The van der Waals surface area contributed by atoms with Gasteiger partial charge in [0.1, 0.15) is 23.2 Å². The highest BCUT2D eigenvalue weighted by Crippen LogP contribution is 2.40. The number of rotatable bonds is 5. The fraction of sp³-hybridized carbons (Fsp3) is 0.333. The number of aromatic nitrogens is 2. The summed E-state index contributed by atoms with van der Waals surface area (Å²) in [5, 5.41) is 11.1. The molecule has 1 aromatic carbocycles. The third kappa shape index (κ3) is 4.83. The molecule has 2 aromatic heterocycles. The Labute approximate surface area is 221 Å². The first-order valence-corrected chi connectivity index (χ1v) is 12.2. The Bertz CT molecular complexity index is 1520. The third-order valence-corrected chi connectivity index (χ3v) is 6.99. The van der Waals surface area contributed by atoms with Crippen LogP contribution in [0, 0.1) is 11.7 Å². The van der Waals surface area contributed by atoms with Gasteiger partial charge in [-0.25, -0.2) is 9.37 Å². The molecule has 8 nitrogen and oxygen atoms in total. The van der Waals surface area contributed by atoms with Gasteiger partial charge in [-0.3, -0.25) is 23.9 Å². The van der Waals surface area contributed by atoms with Crippen LogP contribution >= 0.6 is 23.2 Å². The summed E-state index contributed by atoms with van der Waals surface area (Å²) in [6.45, 7) is -0.0554. The Balaban J connectivity index is 1.70. The summed E-state index contributed by atoms with van der Waals surface area (Å²) in [7, 11) is 0. The number of aliphatic hydroxyl groups is 1. The number of alkyl halides is 3. The standard InChI is InChI=1S/C24H18Cl2F4N4O4/c25-15-5-11(27)6-16(26)19(15)34-9-14(23(38)32-21(10-1-2-10)24(28,29)30)20(37)13-3-4-17(31-22(13)34)33-8-12(35)7-18(33)36/h3-6,9-10,12,21,35H,1-2,7-8H2,(H,32,38). The number of benzene rings is 1. The van der Waals surface area contributed by atoms with Crippen LogP contribution < -0.4 is 15.6 Å². The molecule has 1 saturated heterocycles. The maximum absolute atomic E-state index is 13.9. The van der Waals surface area contributed by atoms with Crippen molar-refractivity contribution in [2.75, 3.05) is 11.4 Å². The predicted octanol–water partition coefficient (Wildman–Crippen LogP) is 4.00. The fourth-order valence-electron chi connectivity index (χ4n) is 4.47. The lowest BCUT2D eigenvalue weighted by Gasteiger charge is -2.22. The normalized spacial score (nSPS) is 18.8. The Morgan fingerprint density at radius 3 is 2.37 bits per heavy atom. The average Bonchev–Trinajstić information content (AvgIpc) is 3.59. The molecule has 1 saturated carbocycles. The number of carbonyl (C=O) groups is 2. The van der Waals surface area contributed by atoms with Crippen molar-refractivity contribution in [3.8, 4) is 5.69 Å². The van der Waals surface area contributed by atoms with E-state index in [2.05, 4.69) is 4.98 Å². The van der Waals surface area contributed by atoms with E-state index >= 15 is 0 Å². The molecule has 38 heavy (non-hydrogen) atoms. The van der Waals surface area contributed by atoms with Gasteiger partial charge in [0.25, 0.3) is 5.91 Å². The van der Waals surface area contributed by atoms with Crippen LogP contribution in [0.4, 0.5) is 23.4 Å². The number of fused-ring (bicyclic) bond motifs is 1. The van der Waals surface area contributed by atoms with E-state index in [0.29, 0.717) is 0 Å². The lowest BCUT2D eigenvalue weighted by Crippen LogP contribution is -2.48. The minimum Gasteiger partial charge on any atom is -0.391 e. The molecule has 2 atom stereocenters. The molecule has 1 aliphatic heterocycles. The molecule has 3 heterocycles. The first-order chi connectivity index (χ1) is 17.8. The number of nitrogens with zero attached hydrogens (tertiary/aromatic N) is 3. The van der Waals surface area contributed by atoms with Gasteiger partial charge < -0.3 is 10.4 Å². The van der Waals surface area contributed by atoms with Crippen LogP contribution in [-0.4, -0.2) is 51.3 Å². The molecule has 2 fully saturated rings. The molecule has 3 aromatic rings.